The summed E-state index contributed by atoms with van der Waals surface area (Å²) in [4.78, 5) is 25.0. The number of benzene rings is 2. The van der Waals surface area contributed by atoms with Gasteiger partial charge < -0.3 is 24.8 Å². The van der Waals surface area contributed by atoms with Crippen molar-refractivity contribution in [2.24, 2.45) is 0 Å². The zero-order valence-electron chi connectivity index (χ0n) is 19.7. The molecule has 0 spiro atoms. The monoisotopic (exact) mass is 455 g/mol. The number of pyridine rings is 1. The number of likely N-dealkylation sites (tertiary alicyclic amines) is 1. The molecule has 0 unspecified atom stereocenters. The molecule has 0 saturated carbocycles. The molecule has 1 atom stereocenters. The van der Waals surface area contributed by atoms with Gasteiger partial charge in [0.25, 0.3) is 5.91 Å². The third-order valence-electron chi connectivity index (χ3n) is 6.49. The summed E-state index contributed by atoms with van der Waals surface area (Å²) in [6, 6.07) is 18.3. The molecule has 1 amide bonds. The smallest absolute Gasteiger partial charge is 0.254 e. The molecule has 4 aromatic rings. The summed E-state index contributed by atoms with van der Waals surface area (Å²) in [6.45, 7) is 1.52. The van der Waals surface area contributed by atoms with Crippen molar-refractivity contribution in [3.8, 4) is 17.0 Å². The second kappa shape index (κ2) is 9.19. The molecule has 7 nitrogen and oxygen atoms in total. The van der Waals surface area contributed by atoms with E-state index < -0.39 is 0 Å². The first-order chi connectivity index (χ1) is 16.5. The van der Waals surface area contributed by atoms with Gasteiger partial charge in [-0.2, -0.15) is 0 Å². The van der Waals surface area contributed by atoms with Gasteiger partial charge in [0.05, 0.1) is 24.7 Å². The summed E-state index contributed by atoms with van der Waals surface area (Å²) in [7, 11) is 5.74. The average Bonchev–Trinajstić information content (AvgIpc) is 3.52. The first-order valence-electron chi connectivity index (χ1n) is 11.5. The third kappa shape index (κ3) is 4.34. The highest BCUT2D eigenvalue weighted by Gasteiger charge is 2.28. The Balaban J connectivity index is 1.35. The number of fused-ring (bicyclic) bond motifs is 1. The Morgan fingerprint density at radius 3 is 2.76 bits per heavy atom. The van der Waals surface area contributed by atoms with Crippen LogP contribution in [0.5, 0.6) is 5.75 Å². The molecule has 3 heterocycles. The minimum absolute atomic E-state index is 0.0386. The van der Waals surface area contributed by atoms with Crippen LogP contribution in [0.2, 0.25) is 0 Å². The molecule has 1 aliphatic rings. The van der Waals surface area contributed by atoms with Gasteiger partial charge >= 0.3 is 0 Å². The summed E-state index contributed by atoms with van der Waals surface area (Å²) in [5, 5.41) is 4.55. The van der Waals surface area contributed by atoms with Crippen LogP contribution in [-0.2, 0) is 0 Å². The summed E-state index contributed by atoms with van der Waals surface area (Å²) in [5.74, 6) is 0.655. The second-order valence-corrected chi connectivity index (χ2v) is 8.93. The summed E-state index contributed by atoms with van der Waals surface area (Å²) in [5.41, 5.74) is 5.33. The minimum atomic E-state index is 0.0386. The maximum atomic E-state index is 13.0. The molecule has 2 aromatic carbocycles. The molecule has 0 aliphatic carbocycles. The largest absolute Gasteiger partial charge is 0.495 e. The molecule has 7 heteroatoms. The van der Waals surface area contributed by atoms with Crippen molar-refractivity contribution in [3.63, 3.8) is 0 Å². The van der Waals surface area contributed by atoms with E-state index in [0.717, 1.165) is 53.0 Å². The lowest BCUT2D eigenvalue weighted by molar-refractivity contribution is 0.0782. The third-order valence-corrected chi connectivity index (χ3v) is 6.49. The van der Waals surface area contributed by atoms with E-state index in [1.54, 1.807) is 13.3 Å². The molecule has 174 valence electrons. The van der Waals surface area contributed by atoms with Crippen LogP contribution >= 0.6 is 0 Å². The minimum Gasteiger partial charge on any atom is -0.495 e. The number of carbonyl (C=O) groups is 1. The quantitative estimate of drug-likeness (QED) is 0.439. The number of ether oxygens (including phenoxy) is 1. The highest BCUT2D eigenvalue weighted by atomic mass is 16.5. The Morgan fingerprint density at radius 1 is 1.15 bits per heavy atom. The Labute approximate surface area is 199 Å². The number of aromatic amines is 1. The molecule has 2 aromatic heterocycles. The van der Waals surface area contributed by atoms with E-state index in [1.807, 2.05) is 47.5 Å². The number of H-pyrrole nitrogens is 1. The Hall–Kier alpha value is -3.84. The maximum Gasteiger partial charge on any atom is 0.254 e. The zero-order valence-corrected chi connectivity index (χ0v) is 19.7. The number of anilines is 2. The number of likely N-dealkylation sites (N-methyl/N-ethyl adjacent to an activating group) is 1. The van der Waals surface area contributed by atoms with Crippen LogP contribution in [0, 0.1) is 0 Å². The summed E-state index contributed by atoms with van der Waals surface area (Å²) < 4.78 is 5.62. The van der Waals surface area contributed by atoms with E-state index in [1.165, 1.54) is 0 Å². The fourth-order valence-corrected chi connectivity index (χ4v) is 4.50. The van der Waals surface area contributed by atoms with E-state index >= 15 is 0 Å². The predicted molar refractivity (Wildman–Crippen MR) is 136 cm³/mol. The first-order valence-corrected chi connectivity index (χ1v) is 11.5. The molecule has 5 rings (SSSR count). The van der Waals surface area contributed by atoms with Gasteiger partial charge in [-0.15, -0.1) is 0 Å². The number of hydrogen-bond acceptors (Lipinski definition) is 5. The van der Waals surface area contributed by atoms with Crippen LogP contribution in [0.25, 0.3) is 22.2 Å². The average molecular weight is 456 g/mol. The molecule has 0 bridgehead atoms. The van der Waals surface area contributed by atoms with Crippen LogP contribution in [-0.4, -0.2) is 66.0 Å². The van der Waals surface area contributed by atoms with Crippen molar-refractivity contribution in [2.75, 3.05) is 39.6 Å². The van der Waals surface area contributed by atoms with Crippen molar-refractivity contribution >= 4 is 28.2 Å². The first kappa shape index (κ1) is 22.0. The van der Waals surface area contributed by atoms with Crippen LogP contribution < -0.4 is 10.1 Å². The van der Waals surface area contributed by atoms with Crippen LogP contribution in [0.15, 0.2) is 67.0 Å². The van der Waals surface area contributed by atoms with Crippen LogP contribution in [0.1, 0.15) is 16.8 Å². The number of para-hydroxylation sites is 1. The number of nitrogens with one attached hydrogen (secondary N) is 2. The van der Waals surface area contributed by atoms with Gasteiger partial charge in [0.15, 0.2) is 0 Å². The second-order valence-electron chi connectivity index (χ2n) is 8.93. The summed E-state index contributed by atoms with van der Waals surface area (Å²) >= 11 is 0. The van der Waals surface area contributed by atoms with Gasteiger partial charge in [-0.05, 0) is 56.9 Å². The summed E-state index contributed by atoms with van der Waals surface area (Å²) in [6.07, 6.45) is 4.61. The van der Waals surface area contributed by atoms with Crippen molar-refractivity contribution in [2.45, 2.75) is 12.5 Å². The molecule has 34 heavy (non-hydrogen) atoms. The zero-order chi connectivity index (χ0) is 23.7. The van der Waals surface area contributed by atoms with Gasteiger partial charge in [0.2, 0.25) is 0 Å². The molecule has 0 radical (unpaired) electrons. The van der Waals surface area contributed by atoms with Crippen molar-refractivity contribution in [1.29, 1.82) is 0 Å². The SMILES string of the molecule is COc1cc(C(=O)N2CC[C@@H](N(C)C)C2)ccc1Nc1cncc(-c2cc3ccccc3[nH]2)c1. The van der Waals surface area contributed by atoms with Gasteiger partial charge in [-0.25, -0.2) is 0 Å². The lowest BCUT2D eigenvalue weighted by Gasteiger charge is -2.21. The highest BCUT2D eigenvalue weighted by Crippen LogP contribution is 2.31. The fraction of sp³-hybridized carbons (Fsp3) is 0.259. The van der Waals surface area contributed by atoms with Crippen LogP contribution in [0.4, 0.5) is 11.4 Å². The molecular formula is C27H29N5O2. The number of amides is 1. The highest BCUT2D eigenvalue weighted by molar-refractivity contribution is 5.95. The van der Waals surface area contributed by atoms with E-state index in [0.29, 0.717) is 17.4 Å². The van der Waals surface area contributed by atoms with Crippen molar-refractivity contribution in [3.05, 3.63) is 72.6 Å². The normalized spacial score (nSPS) is 15.8. The maximum absolute atomic E-state index is 13.0. The molecular weight excluding hydrogens is 426 g/mol. The van der Waals surface area contributed by atoms with Gasteiger partial charge in [0.1, 0.15) is 5.75 Å². The standard InChI is InChI=1S/C27H29N5O2/c1-31(2)22-10-11-32(17-22)27(33)19-8-9-24(26(14-19)34-3)29-21-12-20(15-28-16-21)25-13-18-6-4-5-7-23(18)30-25/h4-9,12-16,22,29-30H,10-11,17H2,1-3H3/t22-/m1/s1. The van der Waals surface area contributed by atoms with Crippen molar-refractivity contribution in [1.82, 2.24) is 19.8 Å². The number of carbonyl (C=O) groups excluding carboxylic acids is 1. The lowest BCUT2D eigenvalue weighted by atomic mass is 10.1. The Bertz CT molecular complexity index is 1300. The van der Waals surface area contributed by atoms with Crippen molar-refractivity contribution < 1.29 is 9.53 Å². The number of rotatable bonds is 6. The van der Waals surface area contributed by atoms with E-state index in [4.69, 9.17) is 4.74 Å². The van der Waals surface area contributed by atoms with Gasteiger partial charge in [-0.3, -0.25) is 9.78 Å². The molecule has 1 fully saturated rings. The lowest BCUT2D eigenvalue weighted by Crippen LogP contribution is -2.34. The van der Waals surface area contributed by atoms with Gasteiger partial charge in [0, 0.05) is 53.1 Å². The van der Waals surface area contributed by atoms with E-state index in [9.17, 15) is 4.79 Å². The fourth-order valence-electron chi connectivity index (χ4n) is 4.50. The van der Waals surface area contributed by atoms with E-state index in [2.05, 4.69) is 52.5 Å². The van der Waals surface area contributed by atoms with E-state index in [-0.39, 0.29) is 5.91 Å². The van der Waals surface area contributed by atoms with Crippen LogP contribution in [0.3, 0.4) is 0 Å². The topological polar surface area (TPSA) is 73.5 Å². The number of nitrogens with zero attached hydrogens (tertiary/aromatic N) is 3. The molecule has 1 aliphatic heterocycles. The number of methoxy groups -OCH3 is 1. The Morgan fingerprint density at radius 2 is 2.00 bits per heavy atom. The number of aromatic nitrogens is 2. The Kier molecular flexibility index (Phi) is 5.94. The molecule has 2 N–H and O–H groups in total. The number of hydrogen-bond donors (Lipinski definition) is 2. The predicted octanol–water partition coefficient (Wildman–Crippen LogP) is 4.76. The molecule has 1 saturated heterocycles. The van der Waals surface area contributed by atoms with Gasteiger partial charge in [-0.1, -0.05) is 18.2 Å².